The minimum Gasteiger partial charge on any atom is -0.383 e. The molecular formula is C15H26N2O. The van der Waals surface area contributed by atoms with Gasteiger partial charge in [0.15, 0.2) is 0 Å². The van der Waals surface area contributed by atoms with E-state index in [1.165, 1.54) is 11.1 Å². The lowest BCUT2D eigenvalue weighted by Gasteiger charge is -2.16. The summed E-state index contributed by atoms with van der Waals surface area (Å²) in [6.07, 6.45) is 1.11. The van der Waals surface area contributed by atoms with Crippen molar-refractivity contribution in [3.8, 4) is 0 Å². The van der Waals surface area contributed by atoms with Crippen molar-refractivity contribution in [2.24, 2.45) is 0 Å². The van der Waals surface area contributed by atoms with Crippen LogP contribution < -0.4 is 5.32 Å². The number of methoxy groups -OCH3 is 1. The molecule has 0 fully saturated rings. The van der Waals surface area contributed by atoms with Crippen LogP contribution in [-0.2, 0) is 17.7 Å². The average molecular weight is 250 g/mol. The summed E-state index contributed by atoms with van der Waals surface area (Å²) in [6.45, 7) is 6.98. The van der Waals surface area contributed by atoms with Crippen LogP contribution >= 0.6 is 0 Å². The van der Waals surface area contributed by atoms with Crippen LogP contribution in [-0.4, -0.2) is 45.3 Å². The molecule has 3 heteroatoms. The van der Waals surface area contributed by atoms with Crippen LogP contribution in [0.3, 0.4) is 0 Å². The van der Waals surface area contributed by atoms with Gasteiger partial charge in [0.25, 0.3) is 0 Å². The first kappa shape index (κ1) is 15.2. The summed E-state index contributed by atoms with van der Waals surface area (Å²) in [4.78, 5) is 2.27. The minimum atomic E-state index is 0.801. The number of rotatable bonds is 9. The van der Waals surface area contributed by atoms with Gasteiger partial charge in [-0.1, -0.05) is 31.2 Å². The van der Waals surface area contributed by atoms with E-state index in [0.717, 1.165) is 39.2 Å². The Hall–Kier alpha value is -0.900. The van der Waals surface area contributed by atoms with Crippen LogP contribution in [0.4, 0.5) is 0 Å². The van der Waals surface area contributed by atoms with Gasteiger partial charge < -0.3 is 15.0 Å². The van der Waals surface area contributed by atoms with E-state index in [1.54, 1.807) is 7.11 Å². The summed E-state index contributed by atoms with van der Waals surface area (Å²) in [6, 6.07) is 8.84. The number of ether oxygens (including phenoxy) is 1. The van der Waals surface area contributed by atoms with E-state index in [9.17, 15) is 0 Å². The highest BCUT2D eigenvalue weighted by Gasteiger charge is 1.97. The molecule has 0 bridgehead atoms. The van der Waals surface area contributed by atoms with E-state index in [2.05, 4.69) is 48.5 Å². The van der Waals surface area contributed by atoms with Gasteiger partial charge in [-0.3, -0.25) is 0 Å². The Morgan fingerprint density at radius 1 is 1.11 bits per heavy atom. The third kappa shape index (κ3) is 6.15. The molecule has 1 aromatic carbocycles. The maximum Gasteiger partial charge on any atom is 0.0589 e. The Morgan fingerprint density at radius 3 is 2.39 bits per heavy atom. The summed E-state index contributed by atoms with van der Waals surface area (Å²) in [7, 11) is 3.86. The molecule has 0 aliphatic rings. The molecule has 0 atom stereocenters. The Labute approximate surface area is 111 Å². The minimum absolute atomic E-state index is 0.801. The molecule has 102 valence electrons. The maximum absolute atomic E-state index is 5.05. The van der Waals surface area contributed by atoms with Gasteiger partial charge in [0.1, 0.15) is 0 Å². The van der Waals surface area contributed by atoms with Crippen molar-refractivity contribution in [1.82, 2.24) is 10.2 Å². The molecule has 0 saturated heterocycles. The Morgan fingerprint density at radius 2 is 1.78 bits per heavy atom. The largest absolute Gasteiger partial charge is 0.383 e. The normalized spacial score (nSPS) is 11.1. The number of likely N-dealkylation sites (N-methyl/N-ethyl adjacent to an activating group) is 1. The lowest BCUT2D eigenvalue weighted by Crippen LogP contribution is -2.31. The summed E-state index contributed by atoms with van der Waals surface area (Å²) in [5.41, 5.74) is 2.75. The van der Waals surface area contributed by atoms with Crippen LogP contribution in [0.1, 0.15) is 18.1 Å². The summed E-state index contributed by atoms with van der Waals surface area (Å²) in [5.74, 6) is 0. The fourth-order valence-corrected chi connectivity index (χ4v) is 1.75. The van der Waals surface area contributed by atoms with E-state index in [-0.39, 0.29) is 0 Å². The number of nitrogens with one attached hydrogen (secondary N) is 1. The third-order valence-corrected chi connectivity index (χ3v) is 3.11. The zero-order valence-electron chi connectivity index (χ0n) is 11.9. The molecule has 1 rings (SSSR count). The lowest BCUT2D eigenvalue weighted by molar-refractivity contribution is 0.161. The molecule has 0 radical (unpaired) electrons. The first-order chi connectivity index (χ1) is 8.76. The van der Waals surface area contributed by atoms with Crippen molar-refractivity contribution < 1.29 is 4.74 Å². The predicted octanol–water partition coefficient (Wildman–Crippen LogP) is 1.92. The fourth-order valence-electron chi connectivity index (χ4n) is 1.75. The highest BCUT2D eigenvalue weighted by molar-refractivity contribution is 5.22. The van der Waals surface area contributed by atoms with E-state index in [4.69, 9.17) is 4.74 Å². The van der Waals surface area contributed by atoms with Crippen molar-refractivity contribution in [3.63, 3.8) is 0 Å². The van der Waals surface area contributed by atoms with Gasteiger partial charge in [-0.25, -0.2) is 0 Å². The standard InChI is InChI=1S/C15H26N2O/c1-4-14-5-7-15(8-6-14)13-16-9-10-17(2)11-12-18-3/h5-8,16H,4,9-13H2,1-3H3. The highest BCUT2D eigenvalue weighted by atomic mass is 16.5. The highest BCUT2D eigenvalue weighted by Crippen LogP contribution is 2.04. The van der Waals surface area contributed by atoms with E-state index in [0.29, 0.717) is 0 Å². The lowest BCUT2D eigenvalue weighted by atomic mass is 10.1. The SMILES string of the molecule is CCc1ccc(CNCCN(C)CCOC)cc1. The van der Waals surface area contributed by atoms with Crippen molar-refractivity contribution in [2.75, 3.05) is 40.4 Å². The van der Waals surface area contributed by atoms with E-state index < -0.39 is 0 Å². The van der Waals surface area contributed by atoms with Gasteiger partial charge in [0.2, 0.25) is 0 Å². The van der Waals surface area contributed by atoms with Gasteiger partial charge >= 0.3 is 0 Å². The third-order valence-electron chi connectivity index (χ3n) is 3.11. The van der Waals surface area contributed by atoms with Gasteiger partial charge in [0.05, 0.1) is 6.61 Å². The quantitative estimate of drug-likeness (QED) is 0.678. The second-order valence-corrected chi connectivity index (χ2v) is 4.64. The van der Waals surface area contributed by atoms with Crippen molar-refractivity contribution >= 4 is 0 Å². The maximum atomic E-state index is 5.05. The molecule has 0 aliphatic carbocycles. The number of aryl methyl sites for hydroxylation is 1. The van der Waals surface area contributed by atoms with Crippen molar-refractivity contribution in [2.45, 2.75) is 19.9 Å². The van der Waals surface area contributed by atoms with Crippen LogP contribution in [0.5, 0.6) is 0 Å². The van der Waals surface area contributed by atoms with Gasteiger partial charge in [-0.05, 0) is 24.6 Å². The topological polar surface area (TPSA) is 24.5 Å². The number of nitrogens with zero attached hydrogens (tertiary/aromatic N) is 1. The second-order valence-electron chi connectivity index (χ2n) is 4.64. The molecule has 3 nitrogen and oxygen atoms in total. The van der Waals surface area contributed by atoms with Gasteiger partial charge in [-0.15, -0.1) is 0 Å². The summed E-state index contributed by atoms with van der Waals surface area (Å²) in [5, 5.41) is 3.46. The molecule has 0 amide bonds. The van der Waals surface area contributed by atoms with Gasteiger partial charge in [-0.2, -0.15) is 0 Å². The molecule has 0 spiro atoms. The van der Waals surface area contributed by atoms with Crippen molar-refractivity contribution in [1.29, 1.82) is 0 Å². The number of hydrogen-bond donors (Lipinski definition) is 1. The molecule has 0 saturated carbocycles. The van der Waals surface area contributed by atoms with Crippen molar-refractivity contribution in [3.05, 3.63) is 35.4 Å². The van der Waals surface area contributed by atoms with E-state index >= 15 is 0 Å². The molecule has 1 N–H and O–H groups in total. The van der Waals surface area contributed by atoms with Crippen LogP contribution in [0.25, 0.3) is 0 Å². The first-order valence-corrected chi connectivity index (χ1v) is 6.72. The number of benzene rings is 1. The van der Waals surface area contributed by atoms with Gasteiger partial charge in [0, 0.05) is 33.3 Å². The average Bonchev–Trinajstić information content (AvgIpc) is 2.42. The first-order valence-electron chi connectivity index (χ1n) is 6.72. The molecule has 0 aromatic heterocycles. The zero-order chi connectivity index (χ0) is 13.2. The molecule has 0 aliphatic heterocycles. The molecule has 0 heterocycles. The molecule has 0 unspecified atom stereocenters. The zero-order valence-corrected chi connectivity index (χ0v) is 11.9. The smallest absolute Gasteiger partial charge is 0.0589 e. The monoisotopic (exact) mass is 250 g/mol. The van der Waals surface area contributed by atoms with Crippen LogP contribution in [0, 0.1) is 0 Å². The van der Waals surface area contributed by atoms with Crippen LogP contribution in [0.2, 0.25) is 0 Å². The van der Waals surface area contributed by atoms with Crippen LogP contribution in [0.15, 0.2) is 24.3 Å². The molecular weight excluding hydrogens is 224 g/mol. The molecule has 18 heavy (non-hydrogen) atoms. The molecule has 1 aromatic rings. The second kappa shape index (κ2) is 9.09. The Balaban J connectivity index is 2.13. The Kier molecular flexibility index (Phi) is 7.65. The Bertz CT molecular complexity index is 311. The summed E-state index contributed by atoms with van der Waals surface area (Å²) < 4.78 is 5.05. The summed E-state index contributed by atoms with van der Waals surface area (Å²) >= 11 is 0. The van der Waals surface area contributed by atoms with E-state index in [1.807, 2.05) is 0 Å². The number of hydrogen-bond acceptors (Lipinski definition) is 3. The predicted molar refractivity (Wildman–Crippen MR) is 76.9 cm³/mol. The fraction of sp³-hybridized carbons (Fsp3) is 0.600.